The van der Waals surface area contributed by atoms with E-state index in [2.05, 4.69) is 20.9 Å². The first-order valence-corrected chi connectivity index (χ1v) is 7.25. The third-order valence-electron chi connectivity index (χ3n) is 3.11. The molecule has 0 fully saturated rings. The number of benzene rings is 1. The molecule has 2 heterocycles. The van der Waals surface area contributed by atoms with Crippen molar-refractivity contribution in [2.45, 2.75) is 6.18 Å². The Bertz CT molecular complexity index is 872. The van der Waals surface area contributed by atoms with Gasteiger partial charge in [-0.15, -0.1) is 0 Å². The van der Waals surface area contributed by atoms with Crippen molar-refractivity contribution in [2.75, 3.05) is 5.32 Å². The molecule has 118 valence electrons. The molecule has 1 amide bonds. The van der Waals surface area contributed by atoms with Gasteiger partial charge in [0.15, 0.2) is 0 Å². The Morgan fingerprint density at radius 3 is 2.43 bits per heavy atom. The number of carbonyl (C=O) groups is 1. The van der Waals surface area contributed by atoms with Gasteiger partial charge in [0.1, 0.15) is 5.65 Å². The second-order valence-electron chi connectivity index (χ2n) is 4.77. The van der Waals surface area contributed by atoms with E-state index in [-0.39, 0.29) is 5.69 Å². The lowest BCUT2D eigenvalue weighted by atomic mass is 10.2. The zero-order chi connectivity index (χ0) is 16.6. The number of aromatic nitrogens is 2. The van der Waals surface area contributed by atoms with E-state index in [0.717, 1.165) is 10.0 Å². The Labute approximate surface area is 137 Å². The first-order valence-electron chi connectivity index (χ1n) is 6.46. The van der Waals surface area contributed by atoms with Crippen LogP contribution in [0.1, 0.15) is 0 Å². The fourth-order valence-electron chi connectivity index (χ4n) is 2.03. The molecule has 3 rings (SSSR count). The average Bonchev–Trinajstić information content (AvgIpc) is 2.90. The summed E-state index contributed by atoms with van der Waals surface area (Å²) in [6.45, 7) is 0. The van der Waals surface area contributed by atoms with Crippen molar-refractivity contribution >= 4 is 33.2 Å². The molecule has 8 heteroatoms. The molecule has 3 aromatic rings. The van der Waals surface area contributed by atoms with Crippen molar-refractivity contribution < 1.29 is 18.0 Å². The molecule has 0 aliphatic heterocycles. The first kappa shape index (κ1) is 15.5. The second-order valence-corrected chi connectivity index (χ2v) is 5.68. The summed E-state index contributed by atoms with van der Waals surface area (Å²) in [7, 11) is 0. The zero-order valence-corrected chi connectivity index (χ0v) is 13.0. The SMILES string of the molecule is O=C(Nc1ccc2nc(-c3ccc(Br)cc3)cn2c1)C(F)(F)F. The molecule has 0 spiro atoms. The number of pyridine rings is 1. The molecule has 23 heavy (non-hydrogen) atoms. The Kier molecular flexibility index (Phi) is 3.85. The number of alkyl halides is 3. The smallest absolute Gasteiger partial charge is 0.317 e. The first-order chi connectivity index (χ1) is 10.8. The molecule has 0 aliphatic rings. The van der Waals surface area contributed by atoms with Crippen LogP contribution in [0.4, 0.5) is 18.9 Å². The van der Waals surface area contributed by atoms with Crippen LogP contribution in [0.5, 0.6) is 0 Å². The van der Waals surface area contributed by atoms with Gasteiger partial charge < -0.3 is 9.72 Å². The lowest BCUT2D eigenvalue weighted by molar-refractivity contribution is -0.167. The predicted molar refractivity (Wildman–Crippen MR) is 83.0 cm³/mol. The van der Waals surface area contributed by atoms with Crippen molar-refractivity contribution in [3.8, 4) is 11.3 Å². The lowest BCUT2D eigenvalue weighted by Gasteiger charge is -2.07. The van der Waals surface area contributed by atoms with Crippen molar-refractivity contribution in [3.05, 3.63) is 53.3 Å². The van der Waals surface area contributed by atoms with E-state index < -0.39 is 12.1 Å². The van der Waals surface area contributed by atoms with Gasteiger partial charge in [-0.05, 0) is 24.3 Å². The molecule has 1 N–H and O–H groups in total. The maximum absolute atomic E-state index is 12.3. The summed E-state index contributed by atoms with van der Waals surface area (Å²) in [5.74, 6) is -2.01. The van der Waals surface area contributed by atoms with Gasteiger partial charge in [-0.2, -0.15) is 13.2 Å². The fourth-order valence-corrected chi connectivity index (χ4v) is 2.29. The summed E-state index contributed by atoms with van der Waals surface area (Å²) in [5.41, 5.74) is 2.15. The van der Waals surface area contributed by atoms with Gasteiger partial charge in [-0.3, -0.25) is 4.79 Å². The van der Waals surface area contributed by atoms with Crippen LogP contribution in [-0.2, 0) is 4.79 Å². The van der Waals surface area contributed by atoms with E-state index in [0.29, 0.717) is 11.3 Å². The highest BCUT2D eigenvalue weighted by atomic mass is 79.9. The normalized spacial score (nSPS) is 11.7. The minimum absolute atomic E-state index is 0.0413. The summed E-state index contributed by atoms with van der Waals surface area (Å²) in [5, 5.41) is 1.81. The summed E-state index contributed by atoms with van der Waals surface area (Å²) in [6, 6.07) is 10.4. The predicted octanol–water partition coefficient (Wildman–Crippen LogP) is 4.26. The van der Waals surface area contributed by atoms with Gasteiger partial charge in [-0.1, -0.05) is 28.1 Å². The molecule has 0 saturated heterocycles. The summed E-state index contributed by atoms with van der Waals surface area (Å²) in [4.78, 5) is 15.4. The minimum Gasteiger partial charge on any atom is -0.317 e. The average molecular weight is 384 g/mol. The maximum atomic E-state index is 12.3. The second kappa shape index (κ2) is 5.69. The molecule has 0 unspecified atom stereocenters. The van der Waals surface area contributed by atoms with Crippen molar-refractivity contribution in [3.63, 3.8) is 0 Å². The molecule has 0 aliphatic carbocycles. The lowest BCUT2D eigenvalue weighted by Crippen LogP contribution is -2.29. The van der Waals surface area contributed by atoms with E-state index in [1.54, 1.807) is 10.6 Å². The fraction of sp³-hybridized carbons (Fsp3) is 0.0667. The number of nitrogens with one attached hydrogen (secondary N) is 1. The van der Waals surface area contributed by atoms with Crippen LogP contribution in [0.15, 0.2) is 53.3 Å². The van der Waals surface area contributed by atoms with Gasteiger partial charge in [0.25, 0.3) is 0 Å². The number of amides is 1. The number of nitrogens with zero attached hydrogens (tertiary/aromatic N) is 2. The van der Waals surface area contributed by atoms with Gasteiger partial charge in [-0.25, -0.2) is 4.98 Å². The van der Waals surface area contributed by atoms with Gasteiger partial charge >= 0.3 is 12.1 Å². The number of imidazole rings is 1. The summed E-state index contributed by atoms with van der Waals surface area (Å²) < 4.78 is 39.3. The zero-order valence-electron chi connectivity index (χ0n) is 11.4. The number of hydrogen-bond donors (Lipinski definition) is 1. The standard InChI is InChI=1S/C15H9BrF3N3O/c16-10-3-1-9(2-4-10)12-8-22-7-11(5-6-13(22)21-12)20-14(23)15(17,18)19/h1-8H,(H,20,23). The molecule has 2 aromatic heterocycles. The third kappa shape index (κ3) is 3.37. The van der Waals surface area contributed by atoms with Crippen LogP contribution in [0.25, 0.3) is 16.9 Å². The van der Waals surface area contributed by atoms with E-state index in [1.165, 1.54) is 18.3 Å². The van der Waals surface area contributed by atoms with Gasteiger partial charge in [0.05, 0.1) is 11.4 Å². The maximum Gasteiger partial charge on any atom is 0.471 e. The summed E-state index contributed by atoms with van der Waals surface area (Å²) in [6.07, 6.45) is -1.86. The largest absolute Gasteiger partial charge is 0.471 e. The van der Waals surface area contributed by atoms with E-state index in [4.69, 9.17) is 0 Å². The molecular formula is C15H9BrF3N3O. The number of rotatable bonds is 2. The van der Waals surface area contributed by atoms with Crippen LogP contribution in [0.3, 0.4) is 0 Å². The minimum atomic E-state index is -4.92. The highest BCUT2D eigenvalue weighted by molar-refractivity contribution is 9.10. The van der Waals surface area contributed by atoms with Crippen LogP contribution in [0, 0.1) is 0 Å². The van der Waals surface area contributed by atoms with E-state index in [9.17, 15) is 18.0 Å². The Morgan fingerprint density at radius 2 is 1.78 bits per heavy atom. The Balaban J connectivity index is 1.92. The van der Waals surface area contributed by atoms with Gasteiger partial charge in [0.2, 0.25) is 0 Å². The highest BCUT2D eigenvalue weighted by Crippen LogP contribution is 2.23. The summed E-state index contributed by atoms with van der Waals surface area (Å²) >= 11 is 3.34. The monoisotopic (exact) mass is 383 g/mol. The highest BCUT2D eigenvalue weighted by Gasteiger charge is 2.38. The van der Waals surface area contributed by atoms with Crippen LogP contribution < -0.4 is 5.32 Å². The molecule has 0 saturated carbocycles. The van der Waals surface area contributed by atoms with Crippen molar-refractivity contribution in [1.82, 2.24) is 9.38 Å². The van der Waals surface area contributed by atoms with Crippen molar-refractivity contribution in [1.29, 1.82) is 0 Å². The molecule has 0 atom stereocenters. The van der Waals surface area contributed by atoms with Crippen LogP contribution >= 0.6 is 15.9 Å². The van der Waals surface area contributed by atoms with Crippen molar-refractivity contribution in [2.24, 2.45) is 0 Å². The molecule has 0 radical (unpaired) electrons. The van der Waals surface area contributed by atoms with Crippen LogP contribution in [-0.4, -0.2) is 21.5 Å². The topological polar surface area (TPSA) is 46.4 Å². The number of carbonyl (C=O) groups excluding carboxylic acids is 1. The molecule has 1 aromatic carbocycles. The van der Waals surface area contributed by atoms with E-state index >= 15 is 0 Å². The number of anilines is 1. The quantitative estimate of drug-likeness (QED) is 0.718. The third-order valence-corrected chi connectivity index (χ3v) is 3.64. The van der Waals surface area contributed by atoms with Crippen LogP contribution in [0.2, 0.25) is 0 Å². The molecule has 0 bridgehead atoms. The molecule has 4 nitrogen and oxygen atoms in total. The number of halogens is 4. The van der Waals surface area contributed by atoms with Gasteiger partial charge in [0, 0.05) is 22.4 Å². The number of hydrogen-bond acceptors (Lipinski definition) is 2. The Hall–Kier alpha value is -2.35. The van der Waals surface area contributed by atoms with E-state index in [1.807, 2.05) is 29.6 Å². The molecular weight excluding hydrogens is 375 g/mol. The number of fused-ring (bicyclic) bond motifs is 1. The Morgan fingerprint density at radius 1 is 1.09 bits per heavy atom.